The Morgan fingerprint density at radius 2 is 1.74 bits per heavy atom. The molecule has 0 amide bonds. The first kappa shape index (κ1) is 25.1. The Morgan fingerprint density at radius 3 is 2.32 bits per heavy atom. The van der Waals surface area contributed by atoms with Crippen LogP contribution in [0.2, 0.25) is 0 Å². The third-order valence-corrected chi connectivity index (χ3v) is 6.10. The summed E-state index contributed by atoms with van der Waals surface area (Å²) in [5.74, 6) is 1.18. The number of halogens is 1. The van der Waals surface area contributed by atoms with Gasteiger partial charge in [0.1, 0.15) is 17.4 Å². The molecule has 0 fully saturated rings. The monoisotopic (exact) mass is 476 g/mol. The summed E-state index contributed by atoms with van der Waals surface area (Å²) in [4.78, 5) is 5.80. The van der Waals surface area contributed by atoms with Crippen LogP contribution in [0.1, 0.15) is 31.0 Å². The molecule has 1 aromatic heterocycles. The number of nitrogens with one attached hydrogen (secondary N) is 1. The molecule has 0 aliphatic heterocycles. The second-order valence-electron chi connectivity index (χ2n) is 7.97. The average Bonchev–Trinajstić information content (AvgIpc) is 2.85. The molecule has 0 bridgehead atoms. The van der Waals surface area contributed by atoms with Gasteiger partial charge in [-0.15, -0.1) is 11.8 Å². The van der Waals surface area contributed by atoms with Gasteiger partial charge in [0.05, 0.1) is 12.8 Å². The summed E-state index contributed by atoms with van der Waals surface area (Å²) in [5.41, 5.74) is 15.8. The second-order valence-corrected chi connectivity index (χ2v) is 8.85. The number of anilines is 2. The fraction of sp³-hybridized carbons (Fsp3) is 0.185. The number of nitrogens with zero attached hydrogens (tertiary/aromatic N) is 1. The number of thioether (sulfide) groups is 1. The molecule has 176 valence electrons. The predicted molar refractivity (Wildman–Crippen MR) is 143 cm³/mol. The zero-order valence-corrected chi connectivity index (χ0v) is 20.5. The summed E-state index contributed by atoms with van der Waals surface area (Å²) in [6.45, 7) is 4.07. The van der Waals surface area contributed by atoms with Crippen LogP contribution in [0.15, 0.2) is 65.6 Å². The Morgan fingerprint density at radius 1 is 1.03 bits per heavy atom. The number of ether oxygens (including phenoxy) is 1. The fourth-order valence-corrected chi connectivity index (χ4v) is 4.08. The molecular formula is C27H29FN4OS. The fourth-order valence-electron chi connectivity index (χ4n) is 3.63. The van der Waals surface area contributed by atoms with E-state index in [-0.39, 0.29) is 11.7 Å². The molecule has 0 unspecified atom stereocenters. The molecule has 1 heterocycles. The minimum atomic E-state index is -0.290. The molecule has 0 aliphatic rings. The van der Waals surface area contributed by atoms with Gasteiger partial charge in [-0.05, 0) is 65.6 Å². The Hall–Kier alpha value is -3.58. The van der Waals surface area contributed by atoms with Gasteiger partial charge in [-0.3, -0.25) is 0 Å². The second kappa shape index (κ2) is 11.0. The zero-order chi connectivity index (χ0) is 24.8. The van der Waals surface area contributed by atoms with Crippen LogP contribution in [0.5, 0.6) is 5.75 Å². The topological polar surface area (TPSA) is 98.0 Å². The van der Waals surface area contributed by atoms with Gasteiger partial charge in [-0.1, -0.05) is 32.0 Å². The van der Waals surface area contributed by atoms with Gasteiger partial charge in [0.15, 0.2) is 0 Å². The van der Waals surface area contributed by atoms with Gasteiger partial charge >= 0.3 is 0 Å². The van der Waals surface area contributed by atoms with Crippen LogP contribution in [0, 0.1) is 11.2 Å². The van der Waals surface area contributed by atoms with E-state index < -0.39 is 0 Å². The quantitative estimate of drug-likeness (QED) is 0.168. The molecule has 34 heavy (non-hydrogen) atoms. The van der Waals surface area contributed by atoms with E-state index in [2.05, 4.69) is 17.3 Å². The Bertz CT molecular complexity index is 1290. The lowest BCUT2D eigenvalue weighted by Crippen LogP contribution is -2.04. The van der Waals surface area contributed by atoms with E-state index in [4.69, 9.17) is 21.6 Å². The number of rotatable bonds is 5. The summed E-state index contributed by atoms with van der Waals surface area (Å²) < 4.78 is 18.4. The first-order valence-electron chi connectivity index (χ1n) is 10.8. The molecule has 0 atom stereocenters. The molecule has 5 nitrogen and oxygen atoms in total. The number of methoxy groups -OCH3 is 1. The van der Waals surface area contributed by atoms with Crippen LogP contribution in [0.4, 0.5) is 15.9 Å². The summed E-state index contributed by atoms with van der Waals surface area (Å²) in [6, 6.07) is 17.9. The van der Waals surface area contributed by atoms with E-state index in [1.165, 1.54) is 23.2 Å². The highest BCUT2D eigenvalue weighted by Crippen LogP contribution is 2.38. The van der Waals surface area contributed by atoms with Crippen LogP contribution < -0.4 is 16.2 Å². The van der Waals surface area contributed by atoms with E-state index >= 15 is 0 Å². The standard InChI is InChI=1S/C19H19FN4.C8H10OS/c1-10(2)18-17(11-3-5-13(20)6-4-11)14-7-12(9-21)16(22)8-15(14)19(23)24-18;1-9-7-4-3-5-8(6-7)10-2/h3-10,21H,22H2,1-2H3,(H2,23,24);3-6H,1-2H3. The van der Waals surface area contributed by atoms with E-state index in [9.17, 15) is 4.39 Å². The Kier molecular flexibility index (Phi) is 8.12. The maximum Gasteiger partial charge on any atom is 0.131 e. The number of benzene rings is 3. The molecule has 0 saturated heterocycles. The predicted octanol–water partition coefficient (Wildman–Crippen LogP) is 6.74. The van der Waals surface area contributed by atoms with Crippen molar-refractivity contribution in [3.8, 4) is 16.9 Å². The third kappa shape index (κ3) is 5.48. The zero-order valence-electron chi connectivity index (χ0n) is 19.7. The molecule has 0 saturated carbocycles. The molecule has 4 rings (SSSR count). The minimum Gasteiger partial charge on any atom is -0.497 e. The van der Waals surface area contributed by atoms with Crippen LogP contribution >= 0.6 is 11.8 Å². The van der Waals surface area contributed by atoms with E-state index in [0.29, 0.717) is 17.1 Å². The van der Waals surface area contributed by atoms with Gasteiger partial charge in [0, 0.05) is 33.3 Å². The maximum absolute atomic E-state index is 13.3. The van der Waals surface area contributed by atoms with Crippen molar-refractivity contribution in [1.29, 1.82) is 5.41 Å². The molecule has 5 N–H and O–H groups in total. The SMILES string of the molecule is CC(C)c1nc(N)c2cc(N)c(C=N)cc2c1-c1ccc(F)cc1.COc1cccc(SC)c1. The molecule has 3 aromatic carbocycles. The van der Waals surface area contributed by atoms with Crippen molar-refractivity contribution >= 4 is 40.3 Å². The van der Waals surface area contributed by atoms with Gasteiger partial charge in [0.25, 0.3) is 0 Å². The molecule has 0 spiro atoms. The Labute approximate surface area is 203 Å². The largest absolute Gasteiger partial charge is 0.497 e. The summed E-state index contributed by atoms with van der Waals surface area (Å²) in [5, 5.41) is 9.16. The molecule has 7 heteroatoms. The van der Waals surface area contributed by atoms with Crippen molar-refractivity contribution in [2.24, 2.45) is 0 Å². The summed E-state index contributed by atoms with van der Waals surface area (Å²) >= 11 is 1.72. The van der Waals surface area contributed by atoms with Crippen LogP contribution in [-0.2, 0) is 0 Å². The van der Waals surface area contributed by atoms with Crippen LogP contribution in [0.25, 0.3) is 21.9 Å². The van der Waals surface area contributed by atoms with Gasteiger partial charge in [-0.2, -0.15) is 0 Å². The molecule has 0 radical (unpaired) electrons. The lowest BCUT2D eigenvalue weighted by Gasteiger charge is -2.18. The van der Waals surface area contributed by atoms with E-state index in [0.717, 1.165) is 33.3 Å². The average molecular weight is 477 g/mol. The van der Waals surface area contributed by atoms with Gasteiger partial charge in [-0.25, -0.2) is 9.37 Å². The third-order valence-electron chi connectivity index (χ3n) is 5.38. The number of fused-ring (bicyclic) bond motifs is 1. The van der Waals surface area contributed by atoms with Gasteiger partial charge < -0.3 is 21.6 Å². The minimum absolute atomic E-state index is 0.137. The van der Waals surface area contributed by atoms with Crippen molar-refractivity contribution in [2.75, 3.05) is 24.8 Å². The highest BCUT2D eigenvalue weighted by Gasteiger charge is 2.18. The maximum atomic E-state index is 13.3. The summed E-state index contributed by atoms with van der Waals surface area (Å²) in [6.07, 6.45) is 3.27. The van der Waals surface area contributed by atoms with Crippen molar-refractivity contribution in [1.82, 2.24) is 4.98 Å². The lowest BCUT2D eigenvalue weighted by molar-refractivity contribution is 0.413. The van der Waals surface area contributed by atoms with E-state index in [1.807, 2.05) is 38.1 Å². The number of hydrogen-bond donors (Lipinski definition) is 3. The number of pyridine rings is 1. The van der Waals surface area contributed by atoms with Crippen LogP contribution in [0.3, 0.4) is 0 Å². The van der Waals surface area contributed by atoms with Gasteiger partial charge in [0.2, 0.25) is 0 Å². The first-order valence-corrected chi connectivity index (χ1v) is 12.0. The molecule has 4 aromatic rings. The van der Waals surface area contributed by atoms with Crippen LogP contribution in [-0.4, -0.2) is 24.6 Å². The van der Waals surface area contributed by atoms with Crippen molar-refractivity contribution in [2.45, 2.75) is 24.7 Å². The number of nitrogen functional groups attached to an aromatic ring is 2. The lowest BCUT2D eigenvalue weighted by atomic mass is 9.91. The van der Waals surface area contributed by atoms with Crippen molar-refractivity contribution < 1.29 is 9.13 Å². The molecular weight excluding hydrogens is 447 g/mol. The molecule has 0 aliphatic carbocycles. The normalized spacial score (nSPS) is 10.6. The smallest absolute Gasteiger partial charge is 0.131 e. The number of nitrogens with two attached hydrogens (primary N) is 2. The Balaban J connectivity index is 0.000000271. The van der Waals surface area contributed by atoms with E-state index in [1.54, 1.807) is 37.1 Å². The van der Waals surface area contributed by atoms with Crippen molar-refractivity contribution in [3.63, 3.8) is 0 Å². The summed E-state index contributed by atoms with van der Waals surface area (Å²) in [7, 11) is 1.68. The van der Waals surface area contributed by atoms with Crippen molar-refractivity contribution in [3.05, 3.63) is 77.7 Å². The highest BCUT2D eigenvalue weighted by atomic mass is 32.2. The first-order chi connectivity index (χ1) is 16.3. The number of aromatic nitrogens is 1. The highest BCUT2D eigenvalue weighted by molar-refractivity contribution is 7.98. The number of hydrogen-bond acceptors (Lipinski definition) is 6.